The fourth-order valence-corrected chi connectivity index (χ4v) is 3.97. The molecule has 0 spiro atoms. The average Bonchev–Trinajstić information content (AvgIpc) is 3.30. The van der Waals surface area contributed by atoms with E-state index in [4.69, 9.17) is 16.0 Å². The molecule has 3 amide bonds. The predicted molar refractivity (Wildman–Crippen MR) is 103 cm³/mol. The van der Waals surface area contributed by atoms with E-state index in [1.165, 1.54) is 17.6 Å². The number of amides is 3. The molecule has 138 valence electrons. The van der Waals surface area contributed by atoms with Gasteiger partial charge in [-0.05, 0) is 30.3 Å². The maximum absolute atomic E-state index is 12.5. The Morgan fingerprint density at radius 3 is 2.89 bits per heavy atom. The first kappa shape index (κ1) is 17.6. The number of nitrogens with zero attached hydrogens (tertiary/aromatic N) is 2. The second kappa shape index (κ2) is 7.42. The third-order valence-electron chi connectivity index (χ3n) is 4.06. The summed E-state index contributed by atoms with van der Waals surface area (Å²) in [7, 11) is 0. The summed E-state index contributed by atoms with van der Waals surface area (Å²) in [6, 6.07) is 10.1. The molecule has 0 saturated carbocycles. The number of urea groups is 1. The van der Waals surface area contributed by atoms with E-state index < -0.39 is 0 Å². The number of aromatic nitrogens is 1. The molecule has 1 aromatic carbocycles. The van der Waals surface area contributed by atoms with Crippen LogP contribution in [0.4, 0.5) is 15.6 Å². The van der Waals surface area contributed by atoms with E-state index in [0.717, 1.165) is 10.6 Å². The van der Waals surface area contributed by atoms with Crippen molar-refractivity contribution in [2.24, 2.45) is 0 Å². The second-order valence-corrected chi connectivity index (χ2v) is 7.45. The van der Waals surface area contributed by atoms with Gasteiger partial charge in [-0.25, -0.2) is 9.78 Å². The van der Waals surface area contributed by atoms with Crippen molar-refractivity contribution in [1.82, 2.24) is 9.88 Å². The number of hydrogen-bond donors (Lipinski definition) is 2. The van der Waals surface area contributed by atoms with E-state index in [0.29, 0.717) is 35.4 Å². The minimum Gasteiger partial charge on any atom is -0.459 e. The number of halogens is 1. The first-order chi connectivity index (χ1) is 13.1. The number of carbonyl (C=O) groups excluding carboxylic acids is 2. The van der Waals surface area contributed by atoms with Gasteiger partial charge in [0.05, 0.1) is 18.5 Å². The summed E-state index contributed by atoms with van der Waals surface area (Å²) in [5, 5.41) is 6.64. The number of hydrogen-bond acceptors (Lipinski definition) is 5. The predicted octanol–water partition coefficient (Wildman–Crippen LogP) is 4.23. The van der Waals surface area contributed by atoms with Crippen molar-refractivity contribution in [2.45, 2.75) is 13.0 Å². The highest BCUT2D eigenvalue weighted by atomic mass is 35.5. The van der Waals surface area contributed by atoms with E-state index in [2.05, 4.69) is 15.6 Å². The Bertz CT molecular complexity index is 986. The van der Waals surface area contributed by atoms with Gasteiger partial charge in [-0.1, -0.05) is 29.0 Å². The van der Waals surface area contributed by atoms with Gasteiger partial charge in [-0.3, -0.25) is 10.1 Å². The van der Waals surface area contributed by atoms with Crippen molar-refractivity contribution < 1.29 is 14.0 Å². The van der Waals surface area contributed by atoms with Gasteiger partial charge in [0.25, 0.3) is 5.91 Å². The van der Waals surface area contributed by atoms with Crippen LogP contribution < -0.4 is 10.6 Å². The number of anilines is 2. The Hall–Kier alpha value is -2.84. The fraction of sp³-hybridized carbons (Fsp3) is 0.167. The monoisotopic (exact) mass is 402 g/mol. The Morgan fingerprint density at radius 1 is 1.22 bits per heavy atom. The van der Waals surface area contributed by atoms with Crippen LogP contribution in [0.1, 0.15) is 21.1 Å². The lowest BCUT2D eigenvalue weighted by Crippen LogP contribution is -2.38. The van der Waals surface area contributed by atoms with Gasteiger partial charge < -0.3 is 14.6 Å². The summed E-state index contributed by atoms with van der Waals surface area (Å²) in [5.74, 6) is -0.118. The molecule has 2 aromatic heterocycles. The minimum atomic E-state index is -0.346. The first-order valence-electron chi connectivity index (χ1n) is 8.23. The number of benzene rings is 1. The maximum Gasteiger partial charge on any atom is 0.322 e. The van der Waals surface area contributed by atoms with Crippen molar-refractivity contribution in [3.8, 4) is 0 Å². The number of furan rings is 1. The smallest absolute Gasteiger partial charge is 0.322 e. The first-order valence-corrected chi connectivity index (χ1v) is 9.43. The van der Waals surface area contributed by atoms with Crippen LogP contribution in [0.3, 0.4) is 0 Å². The summed E-state index contributed by atoms with van der Waals surface area (Å²) >= 11 is 7.31. The number of thiazole rings is 1. The van der Waals surface area contributed by atoms with E-state index >= 15 is 0 Å². The lowest BCUT2D eigenvalue weighted by Gasteiger charge is -2.26. The fourth-order valence-electron chi connectivity index (χ4n) is 2.76. The molecule has 9 heteroatoms. The SMILES string of the molecule is O=C(Nc1nc2c(s1)CN(C(=O)Nc1cccc(Cl)c1)CC2)c1ccco1. The molecule has 0 radical (unpaired) electrons. The van der Waals surface area contributed by atoms with Crippen molar-refractivity contribution >= 4 is 45.7 Å². The standard InChI is InChI=1S/C18H15ClN4O3S/c19-11-3-1-4-12(9-11)20-18(25)23-7-6-13-15(10-23)27-17(21-13)22-16(24)14-5-2-8-26-14/h1-5,8-9H,6-7,10H2,(H,20,25)(H,21,22,24). The minimum absolute atomic E-state index is 0.197. The molecule has 0 aliphatic carbocycles. The normalized spacial score (nSPS) is 13.1. The van der Waals surface area contributed by atoms with Gasteiger partial charge in [0.15, 0.2) is 10.9 Å². The zero-order chi connectivity index (χ0) is 18.8. The topological polar surface area (TPSA) is 87.5 Å². The van der Waals surface area contributed by atoms with Crippen LogP contribution in [0.25, 0.3) is 0 Å². The van der Waals surface area contributed by atoms with E-state index in [9.17, 15) is 9.59 Å². The van der Waals surface area contributed by atoms with Crippen molar-refractivity contribution in [2.75, 3.05) is 17.2 Å². The third kappa shape index (κ3) is 3.96. The van der Waals surface area contributed by atoms with E-state index in [-0.39, 0.29) is 17.7 Å². The van der Waals surface area contributed by atoms with Gasteiger partial charge in [0, 0.05) is 28.6 Å². The molecule has 27 heavy (non-hydrogen) atoms. The van der Waals surface area contributed by atoms with Crippen molar-refractivity contribution in [3.05, 3.63) is 64.0 Å². The van der Waals surface area contributed by atoms with Gasteiger partial charge in [-0.2, -0.15) is 0 Å². The van der Waals surface area contributed by atoms with Gasteiger partial charge in [0.2, 0.25) is 0 Å². The van der Waals surface area contributed by atoms with Crippen LogP contribution in [0.2, 0.25) is 5.02 Å². The summed E-state index contributed by atoms with van der Waals surface area (Å²) in [4.78, 5) is 31.7. The summed E-state index contributed by atoms with van der Waals surface area (Å²) < 4.78 is 5.08. The van der Waals surface area contributed by atoms with Gasteiger partial charge in [0.1, 0.15) is 0 Å². The molecule has 0 bridgehead atoms. The molecule has 0 fully saturated rings. The molecular formula is C18H15ClN4O3S. The molecule has 3 heterocycles. The van der Waals surface area contributed by atoms with Crippen molar-refractivity contribution in [3.63, 3.8) is 0 Å². The van der Waals surface area contributed by atoms with E-state index in [1.807, 2.05) is 0 Å². The zero-order valence-corrected chi connectivity index (χ0v) is 15.6. The molecule has 4 rings (SSSR count). The number of nitrogens with one attached hydrogen (secondary N) is 2. The summed E-state index contributed by atoms with van der Waals surface area (Å²) in [5.41, 5.74) is 1.55. The quantitative estimate of drug-likeness (QED) is 0.686. The molecule has 0 atom stereocenters. The molecule has 2 N–H and O–H groups in total. The highest BCUT2D eigenvalue weighted by Gasteiger charge is 2.25. The van der Waals surface area contributed by atoms with Crippen LogP contribution >= 0.6 is 22.9 Å². The Kier molecular flexibility index (Phi) is 4.83. The summed E-state index contributed by atoms with van der Waals surface area (Å²) in [6.07, 6.45) is 2.07. The van der Waals surface area contributed by atoms with Crippen LogP contribution in [-0.4, -0.2) is 28.4 Å². The second-order valence-electron chi connectivity index (χ2n) is 5.93. The molecule has 0 saturated heterocycles. The Balaban J connectivity index is 1.41. The molecule has 1 aliphatic rings. The van der Waals surface area contributed by atoms with Gasteiger partial charge >= 0.3 is 6.03 Å². The molecular weight excluding hydrogens is 388 g/mol. The Morgan fingerprint density at radius 2 is 2.11 bits per heavy atom. The number of rotatable bonds is 3. The average molecular weight is 403 g/mol. The molecule has 3 aromatic rings. The van der Waals surface area contributed by atoms with Crippen molar-refractivity contribution in [1.29, 1.82) is 0 Å². The third-order valence-corrected chi connectivity index (χ3v) is 5.29. The summed E-state index contributed by atoms with van der Waals surface area (Å²) in [6.45, 7) is 0.991. The number of carbonyl (C=O) groups is 2. The lowest BCUT2D eigenvalue weighted by molar-refractivity contribution is 0.0996. The van der Waals surface area contributed by atoms with Gasteiger partial charge in [-0.15, -0.1) is 0 Å². The zero-order valence-electron chi connectivity index (χ0n) is 14.1. The van der Waals surface area contributed by atoms with E-state index in [1.54, 1.807) is 41.3 Å². The van der Waals surface area contributed by atoms with Crippen LogP contribution in [0.5, 0.6) is 0 Å². The molecule has 1 aliphatic heterocycles. The highest BCUT2D eigenvalue weighted by Crippen LogP contribution is 2.29. The van der Waals surface area contributed by atoms with Crippen LogP contribution in [0, 0.1) is 0 Å². The maximum atomic E-state index is 12.5. The molecule has 7 nitrogen and oxygen atoms in total. The Labute approximate surface area is 164 Å². The largest absolute Gasteiger partial charge is 0.459 e. The van der Waals surface area contributed by atoms with Crippen LogP contribution in [-0.2, 0) is 13.0 Å². The lowest BCUT2D eigenvalue weighted by atomic mass is 10.2. The van der Waals surface area contributed by atoms with Crippen LogP contribution in [0.15, 0.2) is 47.1 Å². The molecule has 0 unspecified atom stereocenters. The number of fused-ring (bicyclic) bond motifs is 1. The highest BCUT2D eigenvalue weighted by molar-refractivity contribution is 7.15.